The van der Waals surface area contributed by atoms with Crippen LogP contribution in [0, 0.1) is 0 Å². The van der Waals surface area contributed by atoms with E-state index in [2.05, 4.69) is 15.2 Å². The van der Waals surface area contributed by atoms with Crippen LogP contribution in [0.15, 0.2) is 36.4 Å². The Morgan fingerprint density at radius 2 is 1.96 bits per heavy atom. The molecule has 1 aliphatic heterocycles. The molecule has 150 valence electrons. The molecule has 1 aromatic carbocycles. The summed E-state index contributed by atoms with van der Waals surface area (Å²) in [6.07, 6.45) is -0.538. The first kappa shape index (κ1) is 19.9. The van der Waals surface area contributed by atoms with Crippen LogP contribution in [0.1, 0.15) is 19.3 Å². The molecule has 0 radical (unpaired) electrons. The number of alkyl halides is 1. The molecule has 1 saturated heterocycles. The van der Waals surface area contributed by atoms with Crippen LogP contribution in [-0.4, -0.2) is 65.9 Å². The summed E-state index contributed by atoms with van der Waals surface area (Å²) < 4.78 is 15.2. The maximum Gasteiger partial charge on any atom is 0.407 e. The van der Waals surface area contributed by atoms with Gasteiger partial charge in [0.15, 0.2) is 0 Å². The van der Waals surface area contributed by atoms with Gasteiger partial charge in [-0.2, -0.15) is 0 Å². The molecular weight excluding hydrogens is 363 g/mol. The number of hydrogen-bond donors (Lipinski definition) is 2. The van der Waals surface area contributed by atoms with Crippen LogP contribution in [0.3, 0.4) is 0 Å². The Morgan fingerprint density at radius 3 is 2.64 bits per heavy atom. The number of benzene rings is 1. The van der Waals surface area contributed by atoms with E-state index in [1.54, 1.807) is 0 Å². The van der Waals surface area contributed by atoms with E-state index >= 15 is 4.39 Å². The number of carbonyl (C=O) groups excluding carboxylic acids is 1. The van der Waals surface area contributed by atoms with Gasteiger partial charge in [-0.25, -0.2) is 14.2 Å². The molecule has 0 unspecified atom stereocenters. The lowest BCUT2D eigenvalue weighted by molar-refractivity contribution is -0.121. The number of fused-ring (bicyclic) bond motifs is 1. The molecule has 1 aromatic heterocycles. The molecule has 7 nitrogen and oxygen atoms in total. The maximum absolute atomic E-state index is 15.2. The number of nitrogens with one attached hydrogen (secondary N) is 1. The minimum atomic E-state index is -1.44. The van der Waals surface area contributed by atoms with E-state index in [1.165, 1.54) is 7.05 Å². The van der Waals surface area contributed by atoms with Gasteiger partial charge in [0.25, 0.3) is 0 Å². The number of nitrogens with zero attached hydrogens (tertiary/aromatic N) is 3. The van der Waals surface area contributed by atoms with Crippen LogP contribution in [0.5, 0.6) is 0 Å². The van der Waals surface area contributed by atoms with Crippen LogP contribution in [0.2, 0.25) is 0 Å². The van der Waals surface area contributed by atoms with E-state index in [9.17, 15) is 14.7 Å². The zero-order valence-corrected chi connectivity index (χ0v) is 15.9. The Labute approximate surface area is 163 Å². The summed E-state index contributed by atoms with van der Waals surface area (Å²) in [6.45, 7) is 0.747. The molecule has 0 atom stereocenters. The molecule has 0 aliphatic carbocycles. The molecule has 2 heterocycles. The highest BCUT2D eigenvalue weighted by Crippen LogP contribution is 2.32. The van der Waals surface area contributed by atoms with Crippen molar-refractivity contribution in [2.75, 3.05) is 38.1 Å². The number of amides is 2. The van der Waals surface area contributed by atoms with Crippen LogP contribution >= 0.6 is 0 Å². The summed E-state index contributed by atoms with van der Waals surface area (Å²) in [5.41, 5.74) is -0.535. The lowest BCUT2D eigenvalue weighted by Crippen LogP contribution is -2.45. The monoisotopic (exact) mass is 388 g/mol. The number of aromatic nitrogens is 1. The number of carboxylic acid groups (broad SMARTS) is 1. The van der Waals surface area contributed by atoms with Crippen LogP contribution in [-0.2, 0) is 4.79 Å². The molecule has 2 N–H and O–H groups in total. The van der Waals surface area contributed by atoms with Gasteiger partial charge in [0.2, 0.25) is 5.91 Å². The zero-order chi connectivity index (χ0) is 20.1. The largest absolute Gasteiger partial charge is 0.465 e. The van der Waals surface area contributed by atoms with Crippen molar-refractivity contribution >= 4 is 28.7 Å². The third-order valence-electron chi connectivity index (χ3n) is 5.28. The van der Waals surface area contributed by atoms with Gasteiger partial charge in [-0.1, -0.05) is 18.2 Å². The highest BCUT2D eigenvalue weighted by atomic mass is 19.1. The number of piperidine rings is 1. The topological polar surface area (TPSA) is 85.8 Å². The second-order valence-corrected chi connectivity index (χ2v) is 7.13. The fourth-order valence-corrected chi connectivity index (χ4v) is 3.45. The number of halogens is 1. The van der Waals surface area contributed by atoms with Gasteiger partial charge in [-0.3, -0.25) is 9.69 Å². The van der Waals surface area contributed by atoms with Crippen LogP contribution < -0.4 is 10.2 Å². The summed E-state index contributed by atoms with van der Waals surface area (Å²) in [6, 6.07) is 11.8. The van der Waals surface area contributed by atoms with Crippen molar-refractivity contribution in [3.05, 3.63) is 36.4 Å². The number of pyridine rings is 1. The fourth-order valence-electron chi connectivity index (χ4n) is 3.45. The first-order valence-corrected chi connectivity index (χ1v) is 9.38. The Bertz CT molecular complexity index is 852. The predicted molar refractivity (Wildman–Crippen MR) is 105 cm³/mol. The van der Waals surface area contributed by atoms with Crippen molar-refractivity contribution in [1.29, 1.82) is 0 Å². The SMILES string of the molecule is CNC(=O)CN(CCC1(F)CCN(c2ccc3ccccc3n2)CC1)C(=O)O. The number of carbonyl (C=O) groups is 2. The molecule has 1 aliphatic rings. The smallest absolute Gasteiger partial charge is 0.407 e. The van der Waals surface area contributed by atoms with Gasteiger partial charge in [0.1, 0.15) is 18.0 Å². The van der Waals surface area contributed by atoms with E-state index in [0.717, 1.165) is 21.6 Å². The van der Waals surface area contributed by atoms with Gasteiger partial charge in [-0.15, -0.1) is 0 Å². The average molecular weight is 388 g/mol. The van der Waals surface area contributed by atoms with E-state index in [1.807, 2.05) is 36.4 Å². The van der Waals surface area contributed by atoms with Crippen molar-refractivity contribution in [2.45, 2.75) is 24.9 Å². The van der Waals surface area contributed by atoms with Gasteiger partial charge < -0.3 is 15.3 Å². The van der Waals surface area contributed by atoms with E-state index < -0.39 is 17.7 Å². The summed E-state index contributed by atoms with van der Waals surface area (Å²) >= 11 is 0. The third kappa shape index (κ3) is 4.68. The molecule has 0 spiro atoms. The number of hydrogen-bond acceptors (Lipinski definition) is 4. The lowest BCUT2D eigenvalue weighted by Gasteiger charge is -2.37. The van der Waals surface area contributed by atoms with E-state index in [4.69, 9.17) is 0 Å². The minimum Gasteiger partial charge on any atom is -0.465 e. The number of para-hydroxylation sites is 1. The normalized spacial score (nSPS) is 16.0. The van der Waals surface area contributed by atoms with Crippen molar-refractivity contribution in [1.82, 2.24) is 15.2 Å². The van der Waals surface area contributed by atoms with Crippen LogP contribution in [0.4, 0.5) is 15.0 Å². The highest BCUT2D eigenvalue weighted by molar-refractivity contribution is 5.81. The Morgan fingerprint density at radius 1 is 1.25 bits per heavy atom. The zero-order valence-electron chi connectivity index (χ0n) is 15.9. The minimum absolute atomic E-state index is 0.00647. The first-order chi connectivity index (χ1) is 13.4. The second kappa shape index (κ2) is 8.41. The second-order valence-electron chi connectivity index (χ2n) is 7.13. The Kier molecular flexibility index (Phi) is 5.96. The molecule has 8 heteroatoms. The van der Waals surface area contributed by atoms with Crippen molar-refractivity contribution in [2.24, 2.45) is 0 Å². The molecule has 0 bridgehead atoms. The Hall–Kier alpha value is -2.90. The fraction of sp³-hybridized carbons (Fsp3) is 0.450. The predicted octanol–water partition coefficient (Wildman–Crippen LogP) is 2.66. The molecule has 2 aromatic rings. The molecule has 1 fully saturated rings. The molecular formula is C20H25FN4O3. The average Bonchev–Trinajstić information content (AvgIpc) is 2.71. The lowest BCUT2D eigenvalue weighted by atomic mass is 9.90. The molecule has 2 amide bonds. The maximum atomic E-state index is 15.2. The van der Waals surface area contributed by atoms with E-state index in [-0.39, 0.29) is 19.5 Å². The number of anilines is 1. The summed E-state index contributed by atoms with van der Waals surface area (Å²) in [5.74, 6) is 0.417. The van der Waals surface area contributed by atoms with Crippen molar-refractivity contribution in [3.63, 3.8) is 0 Å². The first-order valence-electron chi connectivity index (χ1n) is 9.38. The van der Waals surface area contributed by atoms with Crippen LogP contribution in [0.25, 0.3) is 10.9 Å². The Balaban J connectivity index is 1.58. The third-order valence-corrected chi connectivity index (χ3v) is 5.28. The molecule has 28 heavy (non-hydrogen) atoms. The van der Waals surface area contributed by atoms with Crippen molar-refractivity contribution in [3.8, 4) is 0 Å². The quantitative estimate of drug-likeness (QED) is 0.795. The van der Waals surface area contributed by atoms with Gasteiger partial charge in [-0.05, 0) is 37.5 Å². The molecule has 0 saturated carbocycles. The molecule has 3 rings (SSSR count). The van der Waals surface area contributed by atoms with E-state index in [0.29, 0.717) is 25.9 Å². The van der Waals surface area contributed by atoms with Gasteiger partial charge in [0, 0.05) is 32.1 Å². The standard InChI is InChI=1S/C20H25FN4O3/c1-22-18(26)14-25(19(27)28)13-10-20(21)8-11-24(12-9-20)17-7-6-15-4-2-3-5-16(15)23-17/h2-7H,8-14H2,1H3,(H,22,26)(H,27,28). The summed E-state index contributed by atoms with van der Waals surface area (Å²) in [7, 11) is 1.44. The van der Waals surface area contributed by atoms with Crippen molar-refractivity contribution < 1.29 is 19.1 Å². The van der Waals surface area contributed by atoms with Gasteiger partial charge in [0.05, 0.1) is 5.52 Å². The number of rotatable bonds is 6. The number of likely N-dealkylation sites (N-methyl/N-ethyl adjacent to an activating group) is 1. The van der Waals surface area contributed by atoms with Gasteiger partial charge >= 0.3 is 6.09 Å². The highest BCUT2D eigenvalue weighted by Gasteiger charge is 2.35. The summed E-state index contributed by atoms with van der Waals surface area (Å²) in [5, 5.41) is 12.7. The summed E-state index contributed by atoms with van der Waals surface area (Å²) in [4.78, 5) is 30.4.